The monoisotopic (exact) mass is 336 g/mol. The van der Waals surface area contributed by atoms with Crippen LogP contribution in [0, 0.1) is 5.82 Å². The van der Waals surface area contributed by atoms with Gasteiger partial charge >= 0.3 is 0 Å². The maximum Gasteiger partial charge on any atom is 0.258 e. The Kier molecular flexibility index (Phi) is 4.99. The fourth-order valence-corrected chi connectivity index (χ4v) is 2.23. The first-order chi connectivity index (χ1) is 12.1. The van der Waals surface area contributed by atoms with Gasteiger partial charge in [0.2, 0.25) is 5.95 Å². The summed E-state index contributed by atoms with van der Waals surface area (Å²) in [6.07, 6.45) is 3.79. The van der Waals surface area contributed by atoms with Crippen molar-refractivity contribution in [1.82, 2.24) is 9.97 Å². The molecule has 3 aromatic rings. The molecular weight excluding hydrogens is 319 g/mol. The van der Waals surface area contributed by atoms with Gasteiger partial charge in [-0.25, -0.2) is 14.4 Å². The van der Waals surface area contributed by atoms with E-state index in [-0.39, 0.29) is 17.7 Å². The lowest BCUT2D eigenvalue weighted by Gasteiger charge is -2.07. The zero-order chi connectivity index (χ0) is 17.6. The van der Waals surface area contributed by atoms with Crippen molar-refractivity contribution in [3.63, 3.8) is 0 Å². The predicted octanol–water partition coefficient (Wildman–Crippen LogP) is 4.17. The van der Waals surface area contributed by atoms with Crippen LogP contribution in [-0.4, -0.2) is 15.9 Å². The van der Waals surface area contributed by atoms with E-state index in [4.69, 9.17) is 0 Å². The quantitative estimate of drug-likeness (QED) is 0.734. The molecule has 5 nitrogen and oxygen atoms in total. The van der Waals surface area contributed by atoms with Gasteiger partial charge in [0.05, 0.1) is 5.56 Å². The topological polar surface area (TPSA) is 66.9 Å². The minimum absolute atomic E-state index is 0.287. The van der Waals surface area contributed by atoms with Gasteiger partial charge in [-0.15, -0.1) is 0 Å². The summed E-state index contributed by atoms with van der Waals surface area (Å²) in [7, 11) is 0. The molecule has 2 N–H and O–H groups in total. The molecule has 126 valence electrons. The highest BCUT2D eigenvalue weighted by molar-refractivity contribution is 6.03. The van der Waals surface area contributed by atoms with Gasteiger partial charge in [-0.1, -0.05) is 25.1 Å². The zero-order valence-corrected chi connectivity index (χ0v) is 13.7. The molecule has 0 radical (unpaired) electrons. The molecule has 3 rings (SSSR count). The van der Waals surface area contributed by atoms with Gasteiger partial charge in [0.25, 0.3) is 5.91 Å². The van der Waals surface area contributed by atoms with Crippen LogP contribution in [0.2, 0.25) is 0 Å². The lowest BCUT2D eigenvalue weighted by atomic mass is 10.1. The Morgan fingerprint density at radius 2 is 1.76 bits per heavy atom. The summed E-state index contributed by atoms with van der Waals surface area (Å²) in [5.41, 5.74) is 2.79. The van der Waals surface area contributed by atoms with Crippen molar-refractivity contribution in [3.05, 3.63) is 77.9 Å². The molecule has 0 aliphatic rings. The number of hydrogen-bond acceptors (Lipinski definition) is 4. The molecule has 1 heterocycles. The van der Waals surface area contributed by atoms with E-state index < -0.39 is 0 Å². The summed E-state index contributed by atoms with van der Waals surface area (Å²) in [4.78, 5) is 20.4. The highest BCUT2D eigenvalue weighted by Gasteiger charge is 2.08. The van der Waals surface area contributed by atoms with Crippen LogP contribution in [0.3, 0.4) is 0 Å². The second-order valence-corrected chi connectivity index (χ2v) is 5.44. The van der Waals surface area contributed by atoms with E-state index in [0.717, 1.165) is 6.42 Å². The maximum absolute atomic E-state index is 13.2. The Balaban J connectivity index is 1.65. The summed E-state index contributed by atoms with van der Waals surface area (Å²) < 4.78 is 13.2. The number of anilines is 3. The molecule has 1 amide bonds. The van der Waals surface area contributed by atoms with Crippen molar-refractivity contribution < 1.29 is 9.18 Å². The Morgan fingerprint density at radius 3 is 2.40 bits per heavy atom. The fourth-order valence-electron chi connectivity index (χ4n) is 2.23. The molecule has 0 aliphatic heterocycles. The molecule has 0 atom stereocenters. The first kappa shape index (κ1) is 16.6. The molecule has 0 spiro atoms. The smallest absolute Gasteiger partial charge is 0.258 e. The number of aryl methyl sites for hydroxylation is 1. The van der Waals surface area contributed by atoms with E-state index >= 15 is 0 Å². The van der Waals surface area contributed by atoms with Gasteiger partial charge in [0.15, 0.2) is 0 Å². The number of nitrogens with one attached hydrogen (secondary N) is 2. The molecule has 0 aliphatic carbocycles. The Hall–Kier alpha value is -3.28. The number of carbonyl (C=O) groups is 1. The number of aromatic nitrogens is 2. The molecule has 0 saturated carbocycles. The summed E-state index contributed by atoms with van der Waals surface area (Å²) >= 11 is 0. The number of rotatable bonds is 5. The van der Waals surface area contributed by atoms with Gasteiger partial charge in [-0.2, -0.15) is 0 Å². The standard InChI is InChI=1S/C19H17FN4O/c1-2-13-6-8-16(9-7-13)23-18(25)14-11-21-19(22-12-14)24-17-5-3-4-15(20)10-17/h3-12H,2H2,1H3,(H,23,25)(H,21,22,24). The minimum Gasteiger partial charge on any atom is -0.324 e. The third-order valence-corrected chi connectivity index (χ3v) is 3.61. The first-order valence-electron chi connectivity index (χ1n) is 7.89. The first-order valence-corrected chi connectivity index (χ1v) is 7.89. The van der Waals surface area contributed by atoms with Gasteiger partial charge in [-0.05, 0) is 42.3 Å². The largest absolute Gasteiger partial charge is 0.324 e. The summed E-state index contributed by atoms with van der Waals surface area (Å²) in [5, 5.41) is 5.68. The van der Waals surface area contributed by atoms with Gasteiger partial charge < -0.3 is 10.6 Å². The normalized spacial score (nSPS) is 10.3. The van der Waals surface area contributed by atoms with Crippen molar-refractivity contribution in [2.24, 2.45) is 0 Å². The van der Waals surface area contributed by atoms with Crippen molar-refractivity contribution >= 4 is 23.2 Å². The number of carbonyl (C=O) groups excluding carboxylic acids is 1. The van der Waals surface area contributed by atoms with Crippen LogP contribution >= 0.6 is 0 Å². The number of halogens is 1. The molecule has 0 unspecified atom stereocenters. The molecule has 6 heteroatoms. The second-order valence-electron chi connectivity index (χ2n) is 5.44. The molecule has 0 bridgehead atoms. The Morgan fingerprint density at radius 1 is 1.04 bits per heavy atom. The van der Waals surface area contributed by atoms with E-state index in [0.29, 0.717) is 16.9 Å². The number of hydrogen-bond donors (Lipinski definition) is 2. The summed E-state index contributed by atoms with van der Waals surface area (Å²) in [5.74, 6) is -0.355. The maximum atomic E-state index is 13.2. The van der Waals surface area contributed by atoms with Crippen LogP contribution < -0.4 is 10.6 Å². The van der Waals surface area contributed by atoms with Gasteiger partial charge in [-0.3, -0.25) is 4.79 Å². The fraction of sp³-hybridized carbons (Fsp3) is 0.105. The molecular formula is C19H17FN4O. The van der Waals surface area contributed by atoms with E-state index in [2.05, 4.69) is 27.5 Å². The molecule has 0 fully saturated rings. The van der Waals surface area contributed by atoms with Gasteiger partial charge in [0.1, 0.15) is 5.82 Å². The highest BCUT2D eigenvalue weighted by atomic mass is 19.1. The van der Waals surface area contributed by atoms with Crippen molar-refractivity contribution in [3.8, 4) is 0 Å². The van der Waals surface area contributed by atoms with Crippen LogP contribution in [-0.2, 0) is 6.42 Å². The minimum atomic E-state index is -0.352. The molecule has 2 aromatic carbocycles. The average molecular weight is 336 g/mol. The number of benzene rings is 2. The molecule has 25 heavy (non-hydrogen) atoms. The van der Waals surface area contributed by atoms with Crippen LogP contribution in [0.4, 0.5) is 21.7 Å². The van der Waals surface area contributed by atoms with E-state index in [9.17, 15) is 9.18 Å². The van der Waals surface area contributed by atoms with Crippen LogP contribution in [0.5, 0.6) is 0 Å². The van der Waals surface area contributed by atoms with Crippen molar-refractivity contribution in [2.75, 3.05) is 10.6 Å². The molecule has 1 aromatic heterocycles. The lowest BCUT2D eigenvalue weighted by Crippen LogP contribution is -2.13. The predicted molar refractivity (Wildman–Crippen MR) is 95.5 cm³/mol. The van der Waals surface area contributed by atoms with Crippen molar-refractivity contribution in [1.29, 1.82) is 0 Å². The van der Waals surface area contributed by atoms with Crippen LogP contribution in [0.1, 0.15) is 22.8 Å². The second kappa shape index (κ2) is 7.53. The Labute approximate surface area is 145 Å². The van der Waals surface area contributed by atoms with Crippen LogP contribution in [0.15, 0.2) is 60.9 Å². The lowest BCUT2D eigenvalue weighted by molar-refractivity contribution is 0.102. The van der Waals surface area contributed by atoms with E-state index in [1.807, 2.05) is 24.3 Å². The molecule has 0 saturated heterocycles. The van der Waals surface area contributed by atoms with E-state index in [1.54, 1.807) is 12.1 Å². The zero-order valence-electron chi connectivity index (χ0n) is 13.7. The van der Waals surface area contributed by atoms with Crippen molar-refractivity contribution in [2.45, 2.75) is 13.3 Å². The summed E-state index contributed by atoms with van der Waals surface area (Å²) in [6, 6.07) is 13.6. The van der Waals surface area contributed by atoms with Gasteiger partial charge in [0, 0.05) is 23.8 Å². The third kappa shape index (κ3) is 4.38. The third-order valence-electron chi connectivity index (χ3n) is 3.61. The average Bonchev–Trinajstić information content (AvgIpc) is 2.63. The number of nitrogens with zero attached hydrogens (tertiary/aromatic N) is 2. The van der Waals surface area contributed by atoms with Crippen LogP contribution in [0.25, 0.3) is 0 Å². The Bertz CT molecular complexity index is 863. The highest BCUT2D eigenvalue weighted by Crippen LogP contribution is 2.15. The SMILES string of the molecule is CCc1ccc(NC(=O)c2cnc(Nc3cccc(F)c3)nc2)cc1. The van der Waals surface area contributed by atoms with E-state index in [1.165, 1.54) is 30.1 Å². The summed E-state index contributed by atoms with van der Waals surface area (Å²) in [6.45, 7) is 2.07. The number of amides is 1.